The summed E-state index contributed by atoms with van der Waals surface area (Å²) in [5.41, 5.74) is 3.93. The topological polar surface area (TPSA) is 35.0 Å². The van der Waals surface area contributed by atoms with E-state index in [1.807, 2.05) is 0 Å². The summed E-state index contributed by atoms with van der Waals surface area (Å²) < 4.78 is 6.88. The van der Waals surface area contributed by atoms with Crippen LogP contribution in [0, 0.1) is 5.41 Å². The first-order valence-corrected chi connectivity index (χ1v) is 12.5. The number of allylic oxidation sites excluding steroid dienone is 2. The third kappa shape index (κ3) is 4.61. The van der Waals surface area contributed by atoms with Crippen LogP contribution < -0.4 is 0 Å². The van der Waals surface area contributed by atoms with Crippen molar-refractivity contribution >= 4 is 29.6 Å². The zero-order chi connectivity index (χ0) is 17.4. The van der Waals surface area contributed by atoms with Gasteiger partial charge >= 0.3 is 0 Å². The SMILES string of the molecule is C=C(C1=CC(OCC[Si](C)(C)C)c2ncc(Br)nc21)C(C)(C)C. The number of rotatable bonds is 5. The van der Waals surface area contributed by atoms with Crippen LogP contribution in [0.3, 0.4) is 0 Å². The smallest absolute Gasteiger partial charge is 0.125 e. The Kier molecular flexibility index (Phi) is 5.33. The van der Waals surface area contributed by atoms with Crippen LogP contribution in [-0.4, -0.2) is 24.6 Å². The molecule has 0 amide bonds. The average Bonchev–Trinajstić information content (AvgIpc) is 2.73. The summed E-state index contributed by atoms with van der Waals surface area (Å²) in [7, 11) is -1.11. The zero-order valence-corrected chi connectivity index (χ0v) is 17.6. The van der Waals surface area contributed by atoms with E-state index in [1.54, 1.807) is 6.20 Å². The van der Waals surface area contributed by atoms with Crippen LogP contribution in [0.4, 0.5) is 0 Å². The van der Waals surface area contributed by atoms with E-state index >= 15 is 0 Å². The molecule has 1 atom stereocenters. The fourth-order valence-corrected chi connectivity index (χ4v) is 3.37. The van der Waals surface area contributed by atoms with Gasteiger partial charge in [0, 0.05) is 20.3 Å². The normalized spacial score (nSPS) is 17.9. The molecule has 0 fully saturated rings. The number of aromatic nitrogens is 2. The maximum absolute atomic E-state index is 6.14. The number of hydrogen-bond acceptors (Lipinski definition) is 3. The molecule has 23 heavy (non-hydrogen) atoms. The van der Waals surface area contributed by atoms with E-state index in [1.165, 1.54) is 0 Å². The van der Waals surface area contributed by atoms with E-state index in [-0.39, 0.29) is 11.5 Å². The van der Waals surface area contributed by atoms with E-state index in [9.17, 15) is 0 Å². The van der Waals surface area contributed by atoms with Crippen LogP contribution in [0.2, 0.25) is 25.7 Å². The molecule has 2 rings (SSSR count). The molecule has 1 aliphatic rings. The molecule has 3 nitrogen and oxygen atoms in total. The summed E-state index contributed by atoms with van der Waals surface area (Å²) in [5, 5.41) is 0. The largest absolute Gasteiger partial charge is 0.368 e. The molecule has 0 radical (unpaired) electrons. The Morgan fingerprint density at radius 3 is 2.57 bits per heavy atom. The number of ether oxygens (including phenoxy) is 1. The van der Waals surface area contributed by atoms with Gasteiger partial charge in [0.25, 0.3) is 0 Å². The van der Waals surface area contributed by atoms with Crippen LogP contribution in [0.15, 0.2) is 29.0 Å². The van der Waals surface area contributed by atoms with Crippen molar-refractivity contribution < 1.29 is 4.74 Å². The molecule has 0 saturated carbocycles. The van der Waals surface area contributed by atoms with Crippen LogP contribution in [0.1, 0.15) is 38.3 Å². The Labute approximate surface area is 149 Å². The molecular weight excluding hydrogens is 368 g/mol. The van der Waals surface area contributed by atoms with Gasteiger partial charge in [-0.25, -0.2) is 4.98 Å². The van der Waals surface area contributed by atoms with Crippen molar-refractivity contribution in [1.29, 1.82) is 0 Å². The van der Waals surface area contributed by atoms with Gasteiger partial charge in [0.05, 0.1) is 17.6 Å². The van der Waals surface area contributed by atoms with Gasteiger partial charge in [0.1, 0.15) is 10.7 Å². The van der Waals surface area contributed by atoms with E-state index in [0.29, 0.717) is 0 Å². The predicted octanol–water partition coefficient (Wildman–Crippen LogP) is 5.63. The maximum atomic E-state index is 6.14. The maximum Gasteiger partial charge on any atom is 0.125 e. The molecule has 126 valence electrons. The number of nitrogens with zero attached hydrogens (tertiary/aromatic N) is 2. The Morgan fingerprint density at radius 2 is 2.00 bits per heavy atom. The monoisotopic (exact) mass is 394 g/mol. The molecule has 1 heterocycles. The number of fused-ring (bicyclic) bond motifs is 1. The molecule has 1 aromatic heterocycles. The van der Waals surface area contributed by atoms with Crippen molar-refractivity contribution in [3.05, 3.63) is 40.4 Å². The fraction of sp³-hybridized carbons (Fsp3) is 0.556. The molecule has 0 aromatic carbocycles. The highest BCUT2D eigenvalue weighted by atomic mass is 79.9. The first-order valence-electron chi connectivity index (χ1n) is 8.05. The molecule has 0 bridgehead atoms. The quantitative estimate of drug-likeness (QED) is 0.606. The van der Waals surface area contributed by atoms with Crippen LogP contribution in [0.5, 0.6) is 0 Å². The second-order valence-corrected chi connectivity index (χ2v) is 14.8. The molecule has 5 heteroatoms. The van der Waals surface area contributed by atoms with Crippen molar-refractivity contribution in [2.24, 2.45) is 5.41 Å². The van der Waals surface area contributed by atoms with Gasteiger partial charge in [-0.1, -0.05) is 47.0 Å². The minimum absolute atomic E-state index is 0.0136. The van der Waals surface area contributed by atoms with Crippen molar-refractivity contribution in [2.75, 3.05) is 6.61 Å². The minimum atomic E-state index is -1.11. The lowest BCUT2D eigenvalue weighted by Crippen LogP contribution is -2.22. The number of hydrogen-bond donors (Lipinski definition) is 0. The third-order valence-electron chi connectivity index (χ3n) is 3.99. The first-order chi connectivity index (χ1) is 10.5. The summed E-state index contributed by atoms with van der Waals surface area (Å²) in [6.45, 7) is 18.6. The minimum Gasteiger partial charge on any atom is -0.368 e. The highest BCUT2D eigenvalue weighted by Crippen LogP contribution is 2.43. The van der Waals surface area contributed by atoms with Gasteiger partial charge in [0.2, 0.25) is 0 Å². The lowest BCUT2D eigenvalue weighted by Gasteiger charge is -2.22. The molecule has 1 unspecified atom stereocenters. The summed E-state index contributed by atoms with van der Waals surface area (Å²) >= 11 is 3.42. The van der Waals surface area contributed by atoms with Gasteiger partial charge in [-0.2, -0.15) is 0 Å². The van der Waals surface area contributed by atoms with Crippen molar-refractivity contribution in [3.8, 4) is 0 Å². The van der Waals surface area contributed by atoms with Gasteiger partial charge in [-0.3, -0.25) is 4.98 Å². The molecule has 0 spiro atoms. The molecule has 0 aliphatic heterocycles. The predicted molar refractivity (Wildman–Crippen MR) is 103 cm³/mol. The summed E-state index contributed by atoms with van der Waals surface area (Å²) in [6.07, 6.45) is 3.76. The first kappa shape index (κ1) is 18.6. The molecule has 1 aromatic rings. The molecule has 1 aliphatic carbocycles. The fourth-order valence-electron chi connectivity index (χ4n) is 2.36. The molecular formula is C18H27BrN2OSi. The Bertz CT molecular complexity index is 641. The van der Waals surface area contributed by atoms with E-state index in [2.05, 4.69) is 79.0 Å². The van der Waals surface area contributed by atoms with Crippen molar-refractivity contribution in [2.45, 2.75) is 52.6 Å². The van der Waals surface area contributed by atoms with E-state index in [4.69, 9.17) is 4.74 Å². The van der Waals surface area contributed by atoms with Crippen LogP contribution in [-0.2, 0) is 4.74 Å². The second kappa shape index (κ2) is 6.61. The molecule has 0 saturated heterocycles. The van der Waals surface area contributed by atoms with Crippen LogP contribution >= 0.6 is 15.9 Å². The summed E-state index contributed by atoms with van der Waals surface area (Å²) in [5.74, 6) is 0. The van der Waals surface area contributed by atoms with Gasteiger partial charge < -0.3 is 4.74 Å². The summed E-state index contributed by atoms with van der Waals surface area (Å²) in [6, 6.07) is 1.15. The second-order valence-electron chi connectivity index (χ2n) is 8.34. The van der Waals surface area contributed by atoms with Gasteiger partial charge in [-0.05, 0) is 39.0 Å². The Balaban J connectivity index is 2.28. The third-order valence-corrected chi connectivity index (χ3v) is 6.08. The zero-order valence-electron chi connectivity index (χ0n) is 15.0. The standard InChI is InChI=1S/C18H27BrN2OSi/c1-12(18(2,3)4)13-10-14(22-8-9-23(5,6)7)17-16(13)21-15(19)11-20-17/h10-11,14H,1,8-9H2,2-7H3. The lowest BCUT2D eigenvalue weighted by molar-refractivity contribution is 0.0951. The van der Waals surface area contributed by atoms with Gasteiger partial charge in [0.15, 0.2) is 0 Å². The average molecular weight is 395 g/mol. The summed E-state index contributed by atoms with van der Waals surface area (Å²) in [4.78, 5) is 9.18. The molecule has 0 N–H and O–H groups in total. The van der Waals surface area contributed by atoms with E-state index in [0.717, 1.165) is 39.8 Å². The van der Waals surface area contributed by atoms with Gasteiger partial charge in [-0.15, -0.1) is 0 Å². The lowest BCUT2D eigenvalue weighted by atomic mass is 9.82. The van der Waals surface area contributed by atoms with Crippen molar-refractivity contribution in [1.82, 2.24) is 9.97 Å². The van der Waals surface area contributed by atoms with Crippen molar-refractivity contribution in [3.63, 3.8) is 0 Å². The number of halogens is 1. The highest BCUT2D eigenvalue weighted by Gasteiger charge is 2.32. The Hall–Kier alpha value is -0.783. The van der Waals surface area contributed by atoms with Crippen LogP contribution in [0.25, 0.3) is 5.57 Å². The Morgan fingerprint density at radius 1 is 1.35 bits per heavy atom. The highest BCUT2D eigenvalue weighted by molar-refractivity contribution is 9.10. The van der Waals surface area contributed by atoms with E-state index < -0.39 is 8.07 Å².